The van der Waals surface area contributed by atoms with Crippen LogP contribution in [0.25, 0.3) is 11.3 Å². The predicted octanol–water partition coefficient (Wildman–Crippen LogP) is 2.35. The van der Waals surface area contributed by atoms with E-state index in [1.807, 2.05) is 0 Å². The number of halogens is 2. The maximum atomic E-state index is 14.1. The fraction of sp³-hybridized carbons (Fsp3) is 0.0556. The maximum Gasteiger partial charge on any atom is 0.273 e. The van der Waals surface area contributed by atoms with Crippen LogP contribution in [0.15, 0.2) is 48.7 Å². The summed E-state index contributed by atoms with van der Waals surface area (Å²) in [7, 11) is 1.50. The zero-order valence-corrected chi connectivity index (χ0v) is 14.8. The second kappa shape index (κ2) is 7.84. The molecular weight excluding hydrogens is 388 g/mol. The Hall–Kier alpha value is -4.15. The van der Waals surface area contributed by atoms with Gasteiger partial charge in [0, 0.05) is 42.6 Å². The predicted molar refractivity (Wildman–Crippen MR) is 96.6 cm³/mol. The van der Waals surface area contributed by atoms with Gasteiger partial charge in [0.2, 0.25) is 0 Å². The Morgan fingerprint density at radius 2 is 1.83 bits per heavy atom. The van der Waals surface area contributed by atoms with Crippen molar-refractivity contribution in [3.8, 4) is 11.3 Å². The number of benzene rings is 2. The van der Waals surface area contributed by atoms with Gasteiger partial charge in [0.15, 0.2) is 0 Å². The molecule has 2 N–H and O–H groups in total. The average Bonchev–Trinajstić information content (AvgIpc) is 3.07. The van der Waals surface area contributed by atoms with Gasteiger partial charge >= 0.3 is 0 Å². The van der Waals surface area contributed by atoms with Crippen molar-refractivity contribution in [2.75, 3.05) is 0 Å². The third-order valence-corrected chi connectivity index (χ3v) is 3.87. The van der Waals surface area contributed by atoms with E-state index >= 15 is 0 Å². The normalized spacial score (nSPS) is 10.4. The van der Waals surface area contributed by atoms with Crippen molar-refractivity contribution in [1.29, 1.82) is 0 Å². The standard InChI is InChI=1S/C18H13F2N5O4/c1-24-9-14(16(23-24)13-6-5-11(19)8-15(13)20)18(27)22-21-17(26)10-3-2-4-12(7-10)25(28)29/h2-9H,1H3,(H,21,26)(H,22,27). The lowest BCUT2D eigenvalue weighted by Crippen LogP contribution is -2.41. The zero-order valence-electron chi connectivity index (χ0n) is 14.8. The van der Waals surface area contributed by atoms with Gasteiger partial charge in [0.25, 0.3) is 17.5 Å². The van der Waals surface area contributed by atoms with Gasteiger partial charge < -0.3 is 0 Å². The van der Waals surface area contributed by atoms with Crippen LogP contribution in [-0.4, -0.2) is 26.5 Å². The molecule has 0 spiro atoms. The first kappa shape index (κ1) is 19.6. The van der Waals surface area contributed by atoms with Crippen LogP contribution in [0.1, 0.15) is 20.7 Å². The summed E-state index contributed by atoms with van der Waals surface area (Å²) in [6, 6.07) is 7.75. The number of amides is 2. The number of rotatable bonds is 4. The molecule has 0 aliphatic carbocycles. The number of hydrazine groups is 1. The van der Waals surface area contributed by atoms with Gasteiger partial charge in [-0.15, -0.1) is 0 Å². The minimum absolute atomic E-state index is 0.0458. The molecule has 0 atom stereocenters. The Morgan fingerprint density at radius 1 is 1.10 bits per heavy atom. The molecule has 2 amide bonds. The van der Waals surface area contributed by atoms with Crippen LogP contribution in [-0.2, 0) is 7.05 Å². The van der Waals surface area contributed by atoms with E-state index in [-0.39, 0.29) is 28.1 Å². The number of nitrogens with zero attached hydrogens (tertiary/aromatic N) is 3. The largest absolute Gasteiger partial charge is 0.274 e. The molecule has 0 fully saturated rings. The number of carbonyl (C=O) groups is 2. The number of non-ortho nitro benzene ring substituents is 1. The summed E-state index contributed by atoms with van der Waals surface area (Å²) in [4.78, 5) is 34.7. The van der Waals surface area contributed by atoms with Crippen LogP contribution < -0.4 is 10.9 Å². The van der Waals surface area contributed by atoms with E-state index in [9.17, 15) is 28.5 Å². The van der Waals surface area contributed by atoms with Crippen LogP contribution in [0, 0.1) is 21.7 Å². The molecule has 148 valence electrons. The highest BCUT2D eigenvalue weighted by Gasteiger charge is 2.21. The number of aromatic nitrogens is 2. The van der Waals surface area contributed by atoms with E-state index in [1.54, 1.807) is 0 Å². The second-order valence-electron chi connectivity index (χ2n) is 5.90. The van der Waals surface area contributed by atoms with Gasteiger partial charge in [-0.2, -0.15) is 5.10 Å². The summed E-state index contributed by atoms with van der Waals surface area (Å²) in [5.41, 5.74) is 3.72. The lowest BCUT2D eigenvalue weighted by Gasteiger charge is -2.08. The number of nitro benzene ring substituents is 1. The monoisotopic (exact) mass is 401 g/mol. The maximum absolute atomic E-state index is 14.1. The summed E-state index contributed by atoms with van der Waals surface area (Å²) in [6.07, 6.45) is 1.30. The van der Waals surface area contributed by atoms with Crippen LogP contribution in [0.5, 0.6) is 0 Å². The van der Waals surface area contributed by atoms with Crippen molar-refractivity contribution in [1.82, 2.24) is 20.6 Å². The summed E-state index contributed by atoms with van der Waals surface area (Å²) < 4.78 is 28.5. The average molecular weight is 401 g/mol. The first-order chi connectivity index (χ1) is 13.8. The molecule has 3 rings (SSSR count). The SMILES string of the molecule is Cn1cc(C(=O)NNC(=O)c2cccc([N+](=O)[O-])c2)c(-c2ccc(F)cc2F)n1. The first-order valence-electron chi connectivity index (χ1n) is 8.10. The number of hydrogen-bond donors (Lipinski definition) is 2. The van der Waals surface area contributed by atoms with E-state index in [0.29, 0.717) is 6.07 Å². The van der Waals surface area contributed by atoms with E-state index in [2.05, 4.69) is 16.0 Å². The molecule has 0 aliphatic rings. The van der Waals surface area contributed by atoms with Crippen molar-refractivity contribution >= 4 is 17.5 Å². The zero-order chi connectivity index (χ0) is 21.1. The van der Waals surface area contributed by atoms with Crippen molar-refractivity contribution in [2.24, 2.45) is 7.05 Å². The van der Waals surface area contributed by atoms with Crippen molar-refractivity contribution in [3.63, 3.8) is 0 Å². The molecule has 0 saturated heterocycles. The molecule has 2 aromatic carbocycles. The lowest BCUT2D eigenvalue weighted by molar-refractivity contribution is -0.384. The van der Waals surface area contributed by atoms with Gasteiger partial charge in [-0.05, 0) is 18.2 Å². The Kier molecular flexibility index (Phi) is 5.30. The molecular formula is C18H13F2N5O4. The molecule has 0 unspecified atom stereocenters. The topological polar surface area (TPSA) is 119 Å². The molecule has 29 heavy (non-hydrogen) atoms. The van der Waals surface area contributed by atoms with E-state index < -0.39 is 28.4 Å². The molecule has 3 aromatic rings. The molecule has 9 nitrogen and oxygen atoms in total. The van der Waals surface area contributed by atoms with Crippen LogP contribution in [0.3, 0.4) is 0 Å². The Balaban J connectivity index is 1.79. The number of aryl methyl sites for hydroxylation is 1. The minimum atomic E-state index is -0.904. The van der Waals surface area contributed by atoms with Gasteiger partial charge in [0.1, 0.15) is 17.3 Å². The number of nitro groups is 1. The number of carbonyl (C=O) groups excluding carboxylic acids is 2. The van der Waals surface area contributed by atoms with Gasteiger partial charge in [0.05, 0.1) is 10.5 Å². The first-order valence-corrected chi connectivity index (χ1v) is 8.10. The summed E-state index contributed by atoms with van der Waals surface area (Å²) in [5, 5.41) is 14.8. The molecule has 0 saturated carbocycles. The summed E-state index contributed by atoms with van der Waals surface area (Å²) in [5.74, 6) is -3.29. The van der Waals surface area contributed by atoms with Gasteiger partial charge in [-0.3, -0.25) is 35.2 Å². The molecule has 0 bridgehead atoms. The number of hydrogen-bond acceptors (Lipinski definition) is 5. The Bertz CT molecular complexity index is 1130. The van der Waals surface area contributed by atoms with Crippen LogP contribution >= 0.6 is 0 Å². The molecule has 1 aromatic heterocycles. The molecule has 11 heteroatoms. The highest BCUT2D eigenvalue weighted by Crippen LogP contribution is 2.25. The Labute approximate surface area is 162 Å². The fourth-order valence-electron chi connectivity index (χ4n) is 2.55. The lowest BCUT2D eigenvalue weighted by atomic mass is 10.1. The third-order valence-electron chi connectivity index (χ3n) is 3.87. The summed E-state index contributed by atoms with van der Waals surface area (Å²) in [6.45, 7) is 0. The highest BCUT2D eigenvalue weighted by atomic mass is 19.1. The van der Waals surface area contributed by atoms with E-state index in [4.69, 9.17) is 0 Å². The molecule has 0 aliphatic heterocycles. The summed E-state index contributed by atoms with van der Waals surface area (Å²) >= 11 is 0. The molecule has 1 heterocycles. The van der Waals surface area contributed by atoms with E-state index in [1.165, 1.54) is 36.1 Å². The van der Waals surface area contributed by atoms with Crippen molar-refractivity contribution in [2.45, 2.75) is 0 Å². The van der Waals surface area contributed by atoms with Gasteiger partial charge in [-0.25, -0.2) is 8.78 Å². The van der Waals surface area contributed by atoms with Crippen LogP contribution in [0.4, 0.5) is 14.5 Å². The number of nitrogens with one attached hydrogen (secondary N) is 2. The minimum Gasteiger partial charge on any atom is -0.274 e. The van der Waals surface area contributed by atoms with Crippen LogP contribution in [0.2, 0.25) is 0 Å². The quantitative estimate of drug-likeness (QED) is 0.514. The van der Waals surface area contributed by atoms with E-state index in [0.717, 1.165) is 18.2 Å². The molecule has 0 radical (unpaired) electrons. The Morgan fingerprint density at radius 3 is 2.52 bits per heavy atom. The van der Waals surface area contributed by atoms with Gasteiger partial charge in [-0.1, -0.05) is 6.07 Å². The third kappa shape index (κ3) is 4.24. The fourth-order valence-corrected chi connectivity index (χ4v) is 2.55. The van der Waals surface area contributed by atoms with Crippen molar-refractivity contribution < 1.29 is 23.3 Å². The highest BCUT2D eigenvalue weighted by molar-refractivity contribution is 6.02. The van der Waals surface area contributed by atoms with Crippen molar-refractivity contribution in [3.05, 3.63) is 81.5 Å². The smallest absolute Gasteiger partial charge is 0.273 e. The second-order valence-corrected chi connectivity index (χ2v) is 5.90.